The summed E-state index contributed by atoms with van der Waals surface area (Å²) in [5.41, 5.74) is 0.710. The van der Waals surface area contributed by atoms with Crippen LogP contribution in [-0.4, -0.2) is 34.9 Å². The van der Waals surface area contributed by atoms with Crippen molar-refractivity contribution in [2.24, 2.45) is 0 Å². The van der Waals surface area contributed by atoms with Crippen LogP contribution in [-0.2, 0) is 9.59 Å². The number of rotatable bonds is 4. The van der Waals surface area contributed by atoms with Gasteiger partial charge in [-0.2, -0.15) is 0 Å². The molecule has 2 fully saturated rings. The third-order valence-electron chi connectivity index (χ3n) is 6.63. The molecule has 0 radical (unpaired) electrons. The molecular weight excluding hydrogens is 388 g/mol. The van der Waals surface area contributed by atoms with Gasteiger partial charge in [-0.25, -0.2) is 0 Å². The highest BCUT2D eigenvalue weighted by molar-refractivity contribution is 6.30. The first kappa shape index (κ1) is 20.5. The first-order chi connectivity index (χ1) is 14.1. The molecule has 2 unspecified atom stereocenters. The van der Waals surface area contributed by atoms with Crippen molar-refractivity contribution < 1.29 is 14.3 Å². The second-order valence-electron chi connectivity index (χ2n) is 8.63. The normalized spacial score (nSPS) is 26.0. The van der Waals surface area contributed by atoms with E-state index in [9.17, 15) is 9.59 Å². The lowest BCUT2D eigenvalue weighted by Gasteiger charge is -2.36. The summed E-state index contributed by atoms with van der Waals surface area (Å²) in [6, 6.07) is 4.94. The Hall–Kier alpha value is -1.75. The zero-order valence-corrected chi connectivity index (χ0v) is 17.9. The molecule has 6 heteroatoms. The van der Waals surface area contributed by atoms with Crippen LogP contribution in [0.25, 0.3) is 0 Å². The fraction of sp³-hybridized carbons (Fsp3) is 0.652. The van der Waals surface area contributed by atoms with Crippen molar-refractivity contribution in [2.45, 2.75) is 95.4 Å². The van der Waals surface area contributed by atoms with E-state index in [0.29, 0.717) is 22.8 Å². The van der Waals surface area contributed by atoms with Gasteiger partial charge in [0, 0.05) is 22.7 Å². The van der Waals surface area contributed by atoms with Crippen molar-refractivity contribution in [2.75, 3.05) is 0 Å². The van der Waals surface area contributed by atoms with Gasteiger partial charge in [-0.05, 0) is 50.3 Å². The maximum Gasteiger partial charge on any atom is 0.264 e. The van der Waals surface area contributed by atoms with Gasteiger partial charge >= 0.3 is 0 Å². The van der Waals surface area contributed by atoms with Crippen LogP contribution in [0.1, 0.15) is 82.7 Å². The molecule has 0 spiro atoms. The number of amides is 2. The molecule has 1 N–H and O–H groups in total. The Morgan fingerprint density at radius 2 is 1.83 bits per heavy atom. The molecular formula is C23H31ClN2O3. The number of hydrogen-bond acceptors (Lipinski definition) is 3. The molecule has 2 saturated carbocycles. The first-order valence-corrected chi connectivity index (χ1v) is 11.5. The third-order valence-corrected chi connectivity index (χ3v) is 6.87. The van der Waals surface area contributed by atoms with Crippen LogP contribution >= 0.6 is 11.6 Å². The Labute approximate surface area is 178 Å². The smallest absolute Gasteiger partial charge is 0.264 e. The van der Waals surface area contributed by atoms with Crippen molar-refractivity contribution in [3.05, 3.63) is 28.8 Å². The molecule has 5 nitrogen and oxygen atoms in total. The van der Waals surface area contributed by atoms with E-state index < -0.39 is 12.1 Å². The van der Waals surface area contributed by atoms with E-state index in [-0.39, 0.29) is 23.9 Å². The minimum Gasteiger partial charge on any atom is -0.480 e. The summed E-state index contributed by atoms with van der Waals surface area (Å²) in [5.74, 6) is 0.426. The molecule has 2 amide bonds. The Kier molecular flexibility index (Phi) is 6.33. The Balaban J connectivity index is 1.74. The molecule has 1 aliphatic heterocycles. The zero-order chi connectivity index (χ0) is 20.4. The van der Waals surface area contributed by atoms with E-state index in [2.05, 4.69) is 5.32 Å². The molecule has 3 aliphatic rings. The molecule has 0 aromatic heterocycles. The molecule has 2 aliphatic carbocycles. The van der Waals surface area contributed by atoms with Gasteiger partial charge in [0.2, 0.25) is 5.91 Å². The van der Waals surface area contributed by atoms with Gasteiger partial charge in [0.15, 0.2) is 6.10 Å². The van der Waals surface area contributed by atoms with Crippen LogP contribution in [0.3, 0.4) is 0 Å². The van der Waals surface area contributed by atoms with E-state index in [1.807, 2.05) is 11.8 Å². The number of fused-ring (bicyclic) bond motifs is 1. The van der Waals surface area contributed by atoms with E-state index in [4.69, 9.17) is 16.3 Å². The number of carbonyl (C=O) groups is 2. The maximum absolute atomic E-state index is 13.6. The van der Waals surface area contributed by atoms with Crippen molar-refractivity contribution in [1.29, 1.82) is 0 Å². The molecule has 1 heterocycles. The topological polar surface area (TPSA) is 58.6 Å². The van der Waals surface area contributed by atoms with Crippen LogP contribution in [0.2, 0.25) is 5.02 Å². The fourth-order valence-electron chi connectivity index (χ4n) is 5.11. The van der Waals surface area contributed by atoms with E-state index in [1.54, 1.807) is 18.2 Å². The lowest BCUT2D eigenvalue weighted by atomic mass is 9.94. The SMILES string of the molecule is CCC1Oc2ccc(Cl)cc2C(C(=O)NC2CCCCC2)N(C2CCCC2)C1=O. The zero-order valence-electron chi connectivity index (χ0n) is 17.2. The lowest BCUT2D eigenvalue weighted by Crippen LogP contribution is -2.52. The summed E-state index contributed by atoms with van der Waals surface area (Å²) in [6.07, 6.45) is 9.58. The largest absolute Gasteiger partial charge is 0.480 e. The molecule has 29 heavy (non-hydrogen) atoms. The lowest BCUT2D eigenvalue weighted by molar-refractivity contribution is -0.148. The van der Waals surface area contributed by atoms with E-state index >= 15 is 0 Å². The van der Waals surface area contributed by atoms with Crippen LogP contribution in [0.4, 0.5) is 0 Å². The van der Waals surface area contributed by atoms with Gasteiger partial charge in [0.25, 0.3) is 5.91 Å². The van der Waals surface area contributed by atoms with Gasteiger partial charge in [-0.1, -0.05) is 50.6 Å². The monoisotopic (exact) mass is 418 g/mol. The van der Waals surface area contributed by atoms with Crippen LogP contribution in [0, 0.1) is 0 Å². The van der Waals surface area contributed by atoms with Crippen LogP contribution in [0.15, 0.2) is 18.2 Å². The first-order valence-electron chi connectivity index (χ1n) is 11.2. The second-order valence-corrected chi connectivity index (χ2v) is 9.06. The second kappa shape index (κ2) is 8.95. The summed E-state index contributed by atoms with van der Waals surface area (Å²) in [6.45, 7) is 1.95. The Bertz CT molecular complexity index is 756. The van der Waals surface area contributed by atoms with Gasteiger partial charge < -0.3 is 15.0 Å². The average molecular weight is 419 g/mol. The predicted molar refractivity (Wildman–Crippen MR) is 113 cm³/mol. The minimum absolute atomic E-state index is 0.0736. The number of nitrogens with zero attached hydrogens (tertiary/aromatic N) is 1. The summed E-state index contributed by atoms with van der Waals surface area (Å²) in [5, 5.41) is 3.80. The number of halogens is 1. The molecule has 158 valence electrons. The summed E-state index contributed by atoms with van der Waals surface area (Å²) < 4.78 is 6.10. The quantitative estimate of drug-likeness (QED) is 0.765. The van der Waals surface area contributed by atoms with E-state index in [0.717, 1.165) is 51.4 Å². The van der Waals surface area contributed by atoms with Gasteiger partial charge in [-0.15, -0.1) is 0 Å². The van der Waals surface area contributed by atoms with E-state index in [1.165, 1.54) is 6.42 Å². The minimum atomic E-state index is -0.683. The molecule has 4 rings (SSSR count). The van der Waals surface area contributed by atoms with Crippen molar-refractivity contribution in [1.82, 2.24) is 10.2 Å². The molecule has 0 bridgehead atoms. The fourth-order valence-corrected chi connectivity index (χ4v) is 5.29. The van der Waals surface area contributed by atoms with Crippen molar-refractivity contribution in [3.63, 3.8) is 0 Å². The standard InChI is InChI=1S/C23H31ClN2O3/c1-2-19-23(28)26(17-10-6-7-11-17)21(18-14-15(24)12-13-20(18)29-19)22(27)25-16-8-4-3-5-9-16/h12-14,16-17,19,21H,2-11H2,1H3,(H,25,27). The van der Waals surface area contributed by atoms with Crippen LogP contribution in [0.5, 0.6) is 5.75 Å². The number of carbonyl (C=O) groups excluding carboxylic acids is 2. The molecule has 2 atom stereocenters. The summed E-state index contributed by atoms with van der Waals surface area (Å²) in [7, 11) is 0. The third kappa shape index (κ3) is 4.25. The molecule has 0 saturated heterocycles. The van der Waals surface area contributed by atoms with Crippen LogP contribution < -0.4 is 10.1 Å². The van der Waals surface area contributed by atoms with Crippen molar-refractivity contribution in [3.8, 4) is 5.75 Å². The summed E-state index contributed by atoms with van der Waals surface area (Å²) in [4.78, 5) is 28.9. The summed E-state index contributed by atoms with van der Waals surface area (Å²) >= 11 is 6.32. The average Bonchev–Trinajstić information content (AvgIpc) is 3.21. The number of nitrogens with one attached hydrogen (secondary N) is 1. The Morgan fingerprint density at radius 3 is 2.52 bits per heavy atom. The molecule has 1 aromatic rings. The number of benzene rings is 1. The predicted octanol–water partition coefficient (Wildman–Crippen LogP) is 4.77. The van der Waals surface area contributed by atoms with Crippen molar-refractivity contribution >= 4 is 23.4 Å². The molecule has 1 aromatic carbocycles. The number of ether oxygens (including phenoxy) is 1. The number of hydrogen-bond donors (Lipinski definition) is 1. The van der Waals surface area contributed by atoms with Gasteiger partial charge in [0.05, 0.1) is 0 Å². The highest BCUT2D eigenvalue weighted by Gasteiger charge is 2.44. The highest BCUT2D eigenvalue weighted by Crippen LogP contribution is 2.40. The van der Waals surface area contributed by atoms with Gasteiger partial charge in [0.1, 0.15) is 11.8 Å². The highest BCUT2D eigenvalue weighted by atomic mass is 35.5. The Morgan fingerprint density at radius 1 is 1.14 bits per heavy atom. The van der Waals surface area contributed by atoms with Gasteiger partial charge in [-0.3, -0.25) is 9.59 Å². The maximum atomic E-state index is 13.6.